The van der Waals surface area contributed by atoms with Gasteiger partial charge in [-0.15, -0.1) is 0 Å². The molecular weight excluding hydrogens is 413 g/mol. The molecule has 0 atom stereocenters. The molecule has 162 valence electrons. The van der Waals surface area contributed by atoms with E-state index in [1.165, 1.54) is 12.1 Å². The quantitative estimate of drug-likeness (QED) is 0.398. The Hall–Kier alpha value is -3.62. The van der Waals surface area contributed by atoms with Gasteiger partial charge in [-0.05, 0) is 42.3 Å². The first kappa shape index (κ1) is 22.1. The molecule has 0 fully saturated rings. The lowest BCUT2D eigenvalue weighted by Crippen LogP contribution is -2.10. The van der Waals surface area contributed by atoms with Crippen molar-refractivity contribution >= 4 is 22.6 Å². The van der Waals surface area contributed by atoms with Crippen LogP contribution in [0.4, 0.5) is 13.2 Å². The van der Waals surface area contributed by atoms with Gasteiger partial charge in [0.15, 0.2) is 6.61 Å². The van der Waals surface area contributed by atoms with Gasteiger partial charge in [-0.3, -0.25) is 4.98 Å². The second-order valence-corrected chi connectivity index (χ2v) is 6.55. The summed E-state index contributed by atoms with van der Waals surface area (Å²) in [5.41, 5.74) is 1.66. The fourth-order valence-corrected chi connectivity index (χ4v) is 2.93. The number of carboxylic acids is 1. The van der Waals surface area contributed by atoms with Crippen molar-refractivity contribution in [1.29, 1.82) is 0 Å². The van der Waals surface area contributed by atoms with Crippen LogP contribution in [0.25, 0.3) is 10.9 Å². The monoisotopic (exact) mass is 432 g/mol. The summed E-state index contributed by atoms with van der Waals surface area (Å²) in [5, 5.41) is 13.7. The van der Waals surface area contributed by atoms with E-state index in [0.717, 1.165) is 17.7 Å². The highest BCUT2D eigenvalue weighted by molar-refractivity contribution is 6.11. The summed E-state index contributed by atoms with van der Waals surface area (Å²) in [4.78, 5) is 20.5. The standard InChI is InChI=1S/C22H19F3N2O4/c1-2-18(27-31-12-14-5-7-15(8-6-14)22(23,24)25)16-9-10-19(30-13-20(28)29)21-17(16)4-3-11-26-21/h3-11H,2,12-13H2,1H3,(H,28,29). The third-order valence-electron chi connectivity index (χ3n) is 4.42. The number of pyridine rings is 1. The average Bonchev–Trinajstić information content (AvgIpc) is 2.75. The van der Waals surface area contributed by atoms with Crippen molar-refractivity contribution in [2.45, 2.75) is 26.1 Å². The number of rotatable bonds is 8. The number of fused-ring (bicyclic) bond motifs is 1. The zero-order valence-corrected chi connectivity index (χ0v) is 16.5. The Bertz CT molecular complexity index is 1100. The SMILES string of the molecule is CCC(=NOCc1ccc(C(F)(F)F)cc1)c1ccc(OCC(=O)O)c2ncccc12. The number of aliphatic carboxylic acids is 1. The minimum absolute atomic E-state index is 0.0115. The molecule has 0 bridgehead atoms. The van der Waals surface area contributed by atoms with Crippen LogP contribution < -0.4 is 4.74 Å². The predicted molar refractivity (Wildman–Crippen MR) is 108 cm³/mol. The van der Waals surface area contributed by atoms with Crippen molar-refractivity contribution in [3.05, 3.63) is 71.4 Å². The maximum atomic E-state index is 12.7. The molecule has 1 aromatic heterocycles. The molecule has 0 aliphatic carbocycles. The number of benzene rings is 2. The number of carbonyl (C=O) groups is 1. The van der Waals surface area contributed by atoms with Crippen LogP contribution in [0.15, 0.2) is 59.9 Å². The van der Waals surface area contributed by atoms with Gasteiger partial charge in [0.05, 0.1) is 11.3 Å². The van der Waals surface area contributed by atoms with Gasteiger partial charge in [0.1, 0.15) is 17.9 Å². The average molecular weight is 432 g/mol. The molecule has 6 nitrogen and oxygen atoms in total. The van der Waals surface area contributed by atoms with Crippen molar-refractivity contribution in [2.24, 2.45) is 5.16 Å². The zero-order valence-electron chi connectivity index (χ0n) is 16.5. The molecule has 0 aliphatic heterocycles. The van der Waals surface area contributed by atoms with E-state index in [-0.39, 0.29) is 6.61 Å². The Morgan fingerprint density at radius 3 is 2.52 bits per heavy atom. The summed E-state index contributed by atoms with van der Waals surface area (Å²) in [6.07, 6.45) is -2.29. The summed E-state index contributed by atoms with van der Waals surface area (Å²) in [6.45, 7) is 1.41. The van der Waals surface area contributed by atoms with Crippen LogP contribution in [0, 0.1) is 0 Å². The lowest BCUT2D eigenvalue weighted by atomic mass is 10.0. The summed E-state index contributed by atoms with van der Waals surface area (Å²) in [7, 11) is 0. The van der Waals surface area contributed by atoms with E-state index in [1.807, 2.05) is 13.0 Å². The number of hydrogen-bond donors (Lipinski definition) is 1. The molecule has 0 aliphatic rings. The van der Waals surface area contributed by atoms with Crippen LogP contribution in [-0.4, -0.2) is 28.4 Å². The van der Waals surface area contributed by atoms with Crippen LogP contribution >= 0.6 is 0 Å². The second kappa shape index (κ2) is 9.46. The molecule has 9 heteroatoms. The normalized spacial score (nSPS) is 12.1. The minimum Gasteiger partial charge on any atom is -0.480 e. The van der Waals surface area contributed by atoms with Crippen LogP contribution in [0.5, 0.6) is 5.75 Å². The second-order valence-electron chi connectivity index (χ2n) is 6.55. The number of carboxylic acid groups (broad SMARTS) is 1. The highest BCUT2D eigenvalue weighted by Crippen LogP contribution is 2.30. The van der Waals surface area contributed by atoms with Gasteiger partial charge in [0, 0.05) is 17.1 Å². The molecule has 3 rings (SSSR count). The summed E-state index contributed by atoms with van der Waals surface area (Å²) < 4.78 is 43.3. The van der Waals surface area contributed by atoms with Crippen molar-refractivity contribution < 1.29 is 32.6 Å². The predicted octanol–water partition coefficient (Wildman–Crippen LogP) is 5.05. The zero-order chi connectivity index (χ0) is 22.4. The largest absolute Gasteiger partial charge is 0.480 e. The fourth-order valence-electron chi connectivity index (χ4n) is 2.93. The summed E-state index contributed by atoms with van der Waals surface area (Å²) >= 11 is 0. The van der Waals surface area contributed by atoms with E-state index < -0.39 is 24.3 Å². The van der Waals surface area contributed by atoms with E-state index in [9.17, 15) is 18.0 Å². The van der Waals surface area contributed by atoms with Gasteiger partial charge >= 0.3 is 12.1 Å². The third kappa shape index (κ3) is 5.50. The van der Waals surface area contributed by atoms with Gasteiger partial charge in [-0.2, -0.15) is 13.2 Å². The molecule has 31 heavy (non-hydrogen) atoms. The Balaban J connectivity index is 1.81. The van der Waals surface area contributed by atoms with E-state index in [4.69, 9.17) is 14.7 Å². The van der Waals surface area contributed by atoms with Gasteiger partial charge in [0.25, 0.3) is 0 Å². The van der Waals surface area contributed by atoms with Crippen LogP contribution in [0.3, 0.4) is 0 Å². The molecule has 3 aromatic rings. The fraction of sp³-hybridized carbons (Fsp3) is 0.227. The molecule has 0 saturated carbocycles. The molecule has 0 amide bonds. The van der Waals surface area contributed by atoms with Crippen molar-refractivity contribution in [1.82, 2.24) is 4.98 Å². The topological polar surface area (TPSA) is 81.0 Å². The van der Waals surface area contributed by atoms with Crippen LogP contribution in [0.2, 0.25) is 0 Å². The Kier molecular flexibility index (Phi) is 6.74. The maximum Gasteiger partial charge on any atom is 0.416 e. The third-order valence-corrected chi connectivity index (χ3v) is 4.42. The first-order valence-electron chi connectivity index (χ1n) is 9.37. The molecule has 0 unspecified atom stereocenters. The lowest BCUT2D eigenvalue weighted by Gasteiger charge is -2.12. The summed E-state index contributed by atoms with van der Waals surface area (Å²) in [6, 6.07) is 11.6. The first-order valence-corrected chi connectivity index (χ1v) is 9.37. The van der Waals surface area contributed by atoms with Gasteiger partial charge < -0.3 is 14.7 Å². The van der Waals surface area contributed by atoms with E-state index in [0.29, 0.717) is 34.3 Å². The molecule has 1 N–H and O–H groups in total. The molecule has 0 spiro atoms. The Labute approximate surface area is 175 Å². The van der Waals surface area contributed by atoms with Gasteiger partial charge in [-0.1, -0.05) is 30.3 Å². The summed E-state index contributed by atoms with van der Waals surface area (Å²) in [5.74, 6) is -0.761. The van der Waals surface area contributed by atoms with Crippen molar-refractivity contribution in [3.63, 3.8) is 0 Å². The minimum atomic E-state index is -4.39. The number of aromatic nitrogens is 1. The van der Waals surface area contributed by atoms with E-state index in [1.54, 1.807) is 24.4 Å². The number of nitrogens with zero attached hydrogens (tertiary/aromatic N) is 2. The number of hydrogen-bond acceptors (Lipinski definition) is 5. The van der Waals surface area contributed by atoms with Crippen molar-refractivity contribution in [3.8, 4) is 5.75 Å². The number of halogens is 3. The van der Waals surface area contributed by atoms with Gasteiger partial charge in [-0.25, -0.2) is 4.79 Å². The number of alkyl halides is 3. The highest BCUT2D eigenvalue weighted by Gasteiger charge is 2.29. The van der Waals surface area contributed by atoms with Crippen molar-refractivity contribution in [2.75, 3.05) is 6.61 Å². The Morgan fingerprint density at radius 2 is 1.87 bits per heavy atom. The highest BCUT2D eigenvalue weighted by atomic mass is 19.4. The van der Waals surface area contributed by atoms with Crippen LogP contribution in [-0.2, 0) is 22.4 Å². The molecule has 0 saturated heterocycles. The van der Waals surface area contributed by atoms with Crippen LogP contribution in [0.1, 0.15) is 30.0 Å². The molecule has 2 aromatic carbocycles. The Morgan fingerprint density at radius 1 is 1.13 bits per heavy atom. The smallest absolute Gasteiger partial charge is 0.416 e. The number of ether oxygens (including phenoxy) is 1. The van der Waals surface area contributed by atoms with E-state index in [2.05, 4.69) is 10.1 Å². The van der Waals surface area contributed by atoms with E-state index >= 15 is 0 Å². The lowest BCUT2D eigenvalue weighted by molar-refractivity contribution is -0.139. The molecule has 1 heterocycles. The van der Waals surface area contributed by atoms with Gasteiger partial charge in [0.2, 0.25) is 0 Å². The first-order chi connectivity index (χ1) is 14.8. The molecular formula is C22H19F3N2O4. The molecule has 0 radical (unpaired) electrons. The maximum absolute atomic E-state index is 12.7. The number of oxime groups is 1.